The Balaban J connectivity index is 2.78. The molecule has 1 heterocycles. The summed E-state index contributed by atoms with van der Waals surface area (Å²) in [6.45, 7) is 3.70. The van der Waals surface area contributed by atoms with Gasteiger partial charge in [-0.1, -0.05) is 20.3 Å². The van der Waals surface area contributed by atoms with E-state index >= 15 is 0 Å². The van der Waals surface area contributed by atoms with Gasteiger partial charge in [0.15, 0.2) is 0 Å². The summed E-state index contributed by atoms with van der Waals surface area (Å²) in [7, 11) is 0. The maximum atomic E-state index is 11.9. The molecule has 0 saturated heterocycles. The van der Waals surface area contributed by atoms with Crippen LogP contribution in [0.3, 0.4) is 0 Å². The third-order valence-electron chi connectivity index (χ3n) is 2.59. The van der Waals surface area contributed by atoms with Gasteiger partial charge in [0.2, 0.25) is 0 Å². The number of rotatable bonds is 5. The van der Waals surface area contributed by atoms with Crippen LogP contribution in [0.1, 0.15) is 29.9 Å². The number of aliphatic carboxylic acids is 1. The minimum absolute atomic E-state index is 0.102. The molecule has 0 radical (unpaired) electrons. The van der Waals surface area contributed by atoms with Crippen molar-refractivity contribution in [3.05, 3.63) is 20.8 Å². The van der Waals surface area contributed by atoms with Gasteiger partial charge in [-0.05, 0) is 33.3 Å². The van der Waals surface area contributed by atoms with Gasteiger partial charge in [0.1, 0.15) is 10.9 Å². The fourth-order valence-corrected chi connectivity index (χ4v) is 2.80. The second kappa shape index (κ2) is 6.16. The van der Waals surface area contributed by atoms with Crippen LogP contribution in [0, 0.1) is 5.92 Å². The highest BCUT2D eigenvalue weighted by atomic mass is 79.9. The number of thiophene rings is 1. The lowest BCUT2D eigenvalue weighted by atomic mass is 9.99. The summed E-state index contributed by atoms with van der Waals surface area (Å²) < 4.78 is 0.688. The number of nitrogens with one attached hydrogen (secondary N) is 1. The van der Waals surface area contributed by atoms with Gasteiger partial charge >= 0.3 is 5.97 Å². The number of hydrogen-bond acceptors (Lipinski definition) is 3. The molecule has 0 aliphatic rings. The quantitative estimate of drug-likeness (QED) is 0.877. The lowest BCUT2D eigenvalue weighted by Gasteiger charge is -2.19. The molecule has 4 nitrogen and oxygen atoms in total. The molecule has 2 atom stereocenters. The van der Waals surface area contributed by atoms with Crippen molar-refractivity contribution >= 4 is 39.1 Å². The van der Waals surface area contributed by atoms with E-state index < -0.39 is 12.0 Å². The third-order valence-corrected chi connectivity index (χ3v) is 4.43. The number of carbonyl (C=O) groups is 2. The van der Waals surface area contributed by atoms with Crippen molar-refractivity contribution in [3.63, 3.8) is 0 Å². The van der Waals surface area contributed by atoms with E-state index in [2.05, 4.69) is 21.2 Å². The van der Waals surface area contributed by atoms with Gasteiger partial charge in [0, 0.05) is 4.47 Å². The lowest BCUT2D eigenvalue weighted by Crippen LogP contribution is -2.44. The van der Waals surface area contributed by atoms with Crippen molar-refractivity contribution < 1.29 is 14.7 Å². The maximum Gasteiger partial charge on any atom is 0.326 e. The molecule has 6 heteroatoms. The zero-order chi connectivity index (χ0) is 13.0. The molecule has 1 aromatic rings. The van der Waals surface area contributed by atoms with Crippen LogP contribution in [0.25, 0.3) is 0 Å². The van der Waals surface area contributed by atoms with Crippen LogP contribution in [0.5, 0.6) is 0 Å². The Hall–Kier alpha value is -0.880. The van der Waals surface area contributed by atoms with Gasteiger partial charge < -0.3 is 10.4 Å². The van der Waals surface area contributed by atoms with Crippen molar-refractivity contribution in [1.29, 1.82) is 0 Å². The smallest absolute Gasteiger partial charge is 0.326 e. The average molecular weight is 320 g/mol. The van der Waals surface area contributed by atoms with Crippen LogP contribution >= 0.6 is 27.3 Å². The minimum Gasteiger partial charge on any atom is -0.480 e. The molecule has 1 unspecified atom stereocenters. The Kier molecular flexibility index (Phi) is 5.14. The molecule has 0 aliphatic carbocycles. The van der Waals surface area contributed by atoms with Crippen molar-refractivity contribution in [2.24, 2.45) is 5.92 Å². The predicted octanol–water partition coefficient (Wildman–Crippen LogP) is 2.74. The topological polar surface area (TPSA) is 66.4 Å². The molecule has 0 spiro atoms. The monoisotopic (exact) mass is 319 g/mol. The molecule has 1 aromatic heterocycles. The van der Waals surface area contributed by atoms with Gasteiger partial charge in [0.05, 0.1) is 0 Å². The Morgan fingerprint density at radius 2 is 2.24 bits per heavy atom. The number of carboxylic acid groups (broad SMARTS) is 1. The van der Waals surface area contributed by atoms with Crippen LogP contribution in [0.2, 0.25) is 0 Å². The zero-order valence-corrected chi connectivity index (χ0v) is 12.0. The first-order valence-corrected chi connectivity index (χ1v) is 6.91. The van der Waals surface area contributed by atoms with E-state index in [0.717, 1.165) is 0 Å². The van der Waals surface area contributed by atoms with Crippen LogP contribution in [0.15, 0.2) is 15.9 Å². The molecule has 1 amide bonds. The fraction of sp³-hybridized carbons (Fsp3) is 0.455. The molecule has 0 fully saturated rings. The molecule has 0 aliphatic heterocycles. The summed E-state index contributed by atoms with van der Waals surface area (Å²) in [4.78, 5) is 23.4. The van der Waals surface area contributed by atoms with Crippen molar-refractivity contribution in [2.75, 3.05) is 0 Å². The summed E-state index contributed by atoms with van der Waals surface area (Å²) in [5, 5.41) is 13.4. The van der Waals surface area contributed by atoms with E-state index in [1.807, 2.05) is 13.8 Å². The lowest BCUT2D eigenvalue weighted by molar-refractivity contribution is -0.140. The second-order valence-electron chi connectivity index (χ2n) is 3.77. The van der Waals surface area contributed by atoms with E-state index in [1.54, 1.807) is 11.4 Å². The number of halogens is 1. The third kappa shape index (κ3) is 3.54. The van der Waals surface area contributed by atoms with E-state index in [-0.39, 0.29) is 11.8 Å². The number of carboxylic acids is 1. The van der Waals surface area contributed by atoms with E-state index in [4.69, 9.17) is 5.11 Å². The van der Waals surface area contributed by atoms with Crippen LogP contribution < -0.4 is 5.32 Å². The fourth-order valence-electron chi connectivity index (χ4n) is 1.35. The van der Waals surface area contributed by atoms with Gasteiger partial charge in [0.25, 0.3) is 5.91 Å². The molecule has 0 aromatic carbocycles. The largest absolute Gasteiger partial charge is 0.480 e. The molecular formula is C11H14BrNO3S. The molecule has 1 rings (SSSR count). The standard InChI is InChI=1S/C11H14BrNO3S/c1-3-6(2)8(11(15)16)13-10(14)9-7(12)4-5-17-9/h4-6,8H,3H2,1-2H3,(H,13,14)(H,15,16)/t6?,8-/m0/s1. The van der Waals surface area contributed by atoms with Gasteiger partial charge in [-0.2, -0.15) is 0 Å². The molecule has 0 saturated carbocycles. The SMILES string of the molecule is CCC(C)[C@H](NC(=O)c1sccc1Br)C(=O)O. The first kappa shape index (κ1) is 14.2. The van der Waals surface area contributed by atoms with Gasteiger partial charge in [-0.15, -0.1) is 11.3 Å². The Labute approximate surface area is 112 Å². The summed E-state index contributed by atoms with van der Waals surface area (Å²) in [5.41, 5.74) is 0. The average Bonchev–Trinajstić information content (AvgIpc) is 2.70. The Bertz CT molecular complexity index is 419. The maximum absolute atomic E-state index is 11.9. The highest BCUT2D eigenvalue weighted by Crippen LogP contribution is 2.22. The van der Waals surface area contributed by atoms with Crippen molar-refractivity contribution in [2.45, 2.75) is 26.3 Å². The molecule has 94 valence electrons. The van der Waals surface area contributed by atoms with E-state index in [0.29, 0.717) is 15.8 Å². The highest BCUT2D eigenvalue weighted by molar-refractivity contribution is 9.10. The van der Waals surface area contributed by atoms with E-state index in [1.165, 1.54) is 11.3 Å². The van der Waals surface area contributed by atoms with Crippen LogP contribution in [-0.4, -0.2) is 23.0 Å². The van der Waals surface area contributed by atoms with Crippen LogP contribution in [-0.2, 0) is 4.79 Å². The molecule has 2 N–H and O–H groups in total. The van der Waals surface area contributed by atoms with Gasteiger partial charge in [-0.25, -0.2) is 4.79 Å². The van der Waals surface area contributed by atoms with Crippen LogP contribution in [0.4, 0.5) is 0 Å². The number of hydrogen-bond donors (Lipinski definition) is 2. The first-order chi connectivity index (χ1) is 7.97. The summed E-state index contributed by atoms with van der Waals surface area (Å²) in [6, 6.07) is 0.917. The van der Waals surface area contributed by atoms with Gasteiger partial charge in [-0.3, -0.25) is 4.79 Å². The number of amides is 1. The van der Waals surface area contributed by atoms with E-state index in [9.17, 15) is 9.59 Å². The summed E-state index contributed by atoms with van der Waals surface area (Å²) in [5.74, 6) is -1.45. The molecule has 0 bridgehead atoms. The minimum atomic E-state index is -1.000. The number of carbonyl (C=O) groups excluding carboxylic acids is 1. The summed E-state index contributed by atoms with van der Waals surface area (Å²) >= 11 is 4.53. The zero-order valence-electron chi connectivity index (χ0n) is 9.57. The first-order valence-electron chi connectivity index (χ1n) is 5.24. The molecular weight excluding hydrogens is 306 g/mol. The molecule has 17 heavy (non-hydrogen) atoms. The van der Waals surface area contributed by atoms with Crippen molar-refractivity contribution in [3.8, 4) is 0 Å². The normalized spacial score (nSPS) is 14.1. The highest BCUT2D eigenvalue weighted by Gasteiger charge is 2.26. The summed E-state index contributed by atoms with van der Waals surface area (Å²) in [6.07, 6.45) is 0.697. The predicted molar refractivity (Wildman–Crippen MR) is 70.4 cm³/mol. The second-order valence-corrected chi connectivity index (χ2v) is 5.54. The van der Waals surface area contributed by atoms with Crippen molar-refractivity contribution in [1.82, 2.24) is 5.32 Å². The Morgan fingerprint density at radius 3 is 2.65 bits per heavy atom. The Morgan fingerprint density at radius 1 is 1.59 bits per heavy atom.